The number of hydrogen-bond donors (Lipinski definition) is 4. The Morgan fingerprint density at radius 2 is 2.00 bits per heavy atom. The molecule has 8 nitrogen and oxygen atoms in total. The van der Waals surface area contributed by atoms with Crippen molar-refractivity contribution in [2.24, 2.45) is 5.73 Å². The van der Waals surface area contributed by atoms with Gasteiger partial charge in [0.1, 0.15) is 6.04 Å². The van der Waals surface area contributed by atoms with Crippen molar-refractivity contribution in [2.75, 3.05) is 0 Å². The van der Waals surface area contributed by atoms with E-state index in [1.54, 1.807) is 0 Å². The van der Waals surface area contributed by atoms with Crippen LogP contribution < -0.4 is 5.73 Å². The Bertz CT molecular complexity index is 828. The number of aliphatic carboxylic acids is 2. The molecule has 126 valence electrons. The van der Waals surface area contributed by atoms with Crippen molar-refractivity contribution in [1.29, 1.82) is 0 Å². The van der Waals surface area contributed by atoms with E-state index in [-0.39, 0.29) is 13.0 Å². The third-order valence-corrected chi connectivity index (χ3v) is 4.28. The van der Waals surface area contributed by atoms with Crippen molar-refractivity contribution >= 4 is 28.7 Å². The zero-order valence-corrected chi connectivity index (χ0v) is 12.7. The van der Waals surface area contributed by atoms with E-state index >= 15 is 0 Å². The molecule has 0 saturated carbocycles. The molecule has 2 aromatic rings. The lowest BCUT2D eigenvalue weighted by Crippen LogP contribution is -2.54. The first-order chi connectivity index (χ1) is 11.4. The average Bonchev–Trinajstić information content (AvgIpc) is 2.89. The normalized spacial score (nSPS) is 18.2. The first-order valence-corrected chi connectivity index (χ1v) is 7.47. The number of hydrogen-bond acceptors (Lipinski definition) is 4. The molecule has 24 heavy (non-hydrogen) atoms. The number of carbonyl (C=O) groups excluding carboxylic acids is 1. The molecule has 8 heteroatoms. The first kappa shape index (κ1) is 16.0. The largest absolute Gasteiger partial charge is 0.481 e. The van der Waals surface area contributed by atoms with Crippen molar-refractivity contribution in [1.82, 2.24) is 9.88 Å². The molecule has 2 heterocycles. The van der Waals surface area contributed by atoms with Crippen LogP contribution in [0.5, 0.6) is 0 Å². The number of fused-ring (bicyclic) bond motifs is 3. The van der Waals surface area contributed by atoms with Gasteiger partial charge in [-0.15, -0.1) is 0 Å². The zero-order chi connectivity index (χ0) is 17.4. The van der Waals surface area contributed by atoms with Crippen molar-refractivity contribution in [3.8, 4) is 0 Å². The van der Waals surface area contributed by atoms with Gasteiger partial charge in [0.25, 0.3) is 0 Å². The Labute approximate surface area is 136 Å². The number of H-pyrrole nitrogens is 1. The molecule has 2 atom stereocenters. The van der Waals surface area contributed by atoms with Crippen LogP contribution in [0, 0.1) is 0 Å². The fourth-order valence-corrected chi connectivity index (χ4v) is 3.15. The van der Waals surface area contributed by atoms with E-state index in [1.165, 1.54) is 0 Å². The Morgan fingerprint density at radius 3 is 2.67 bits per heavy atom. The molecular formula is C16H17N3O5. The summed E-state index contributed by atoms with van der Waals surface area (Å²) in [6, 6.07) is 5.18. The van der Waals surface area contributed by atoms with Gasteiger partial charge in [-0.3, -0.25) is 9.59 Å². The molecule has 1 aliphatic heterocycles. The first-order valence-electron chi connectivity index (χ1n) is 7.47. The highest BCUT2D eigenvalue weighted by Gasteiger charge is 2.38. The minimum atomic E-state index is -1.27. The summed E-state index contributed by atoms with van der Waals surface area (Å²) in [5.74, 6) is -3.01. The molecule has 0 bridgehead atoms. The van der Waals surface area contributed by atoms with Gasteiger partial charge in [0, 0.05) is 23.0 Å². The number of rotatable bonds is 4. The Balaban J connectivity index is 1.96. The third-order valence-electron chi connectivity index (χ3n) is 4.28. The molecule has 0 unspecified atom stereocenters. The molecule has 0 aliphatic carbocycles. The molecule has 3 rings (SSSR count). The molecule has 5 N–H and O–H groups in total. The van der Waals surface area contributed by atoms with Crippen LogP contribution in [-0.4, -0.2) is 50.0 Å². The maximum atomic E-state index is 12.4. The molecule has 1 aromatic heterocycles. The van der Waals surface area contributed by atoms with Gasteiger partial charge < -0.3 is 25.8 Å². The Morgan fingerprint density at radius 1 is 1.29 bits per heavy atom. The van der Waals surface area contributed by atoms with Gasteiger partial charge in [0.15, 0.2) is 0 Å². The van der Waals surface area contributed by atoms with Crippen LogP contribution in [0.4, 0.5) is 0 Å². The molecule has 0 spiro atoms. The fourth-order valence-electron chi connectivity index (χ4n) is 3.15. The summed E-state index contributed by atoms with van der Waals surface area (Å²) in [7, 11) is 0. The van der Waals surface area contributed by atoms with Gasteiger partial charge in [0.05, 0.1) is 19.0 Å². The highest BCUT2D eigenvalue weighted by molar-refractivity contribution is 5.92. The van der Waals surface area contributed by atoms with Gasteiger partial charge in [-0.2, -0.15) is 0 Å². The fraction of sp³-hybridized carbons (Fsp3) is 0.312. The second kappa shape index (κ2) is 5.97. The van der Waals surface area contributed by atoms with E-state index in [1.807, 2.05) is 24.3 Å². The smallest absolute Gasteiger partial charge is 0.326 e. The number of nitrogens with two attached hydrogens (primary N) is 1. The number of aromatic nitrogens is 1. The molecule has 1 amide bonds. The van der Waals surface area contributed by atoms with Gasteiger partial charge >= 0.3 is 11.9 Å². The molecule has 1 aliphatic rings. The van der Waals surface area contributed by atoms with Crippen molar-refractivity contribution in [2.45, 2.75) is 31.5 Å². The van der Waals surface area contributed by atoms with Crippen LogP contribution in [0.2, 0.25) is 0 Å². The molecule has 0 fully saturated rings. The number of aromatic amines is 1. The molecule has 1 aromatic carbocycles. The van der Waals surface area contributed by atoms with Crippen molar-refractivity contribution in [3.63, 3.8) is 0 Å². The average molecular weight is 331 g/mol. The second-order valence-electron chi connectivity index (χ2n) is 5.86. The van der Waals surface area contributed by atoms with Gasteiger partial charge in [-0.05, 0) is 11.6 Å². The Kier molecular flexibility index (Phi) is 3.98. The Hall–Kier alpha value is -2.87. The van der Waals surface area contributed by atoms with E-state index in [0.717, 1.165) is 27.1 Å². The molecular weight excluding hydrogens is 314 g/mol. The van der Waals surface area contributed by atoms with E-state index in [9.17, 15) is 19.5 Å². The quantitative estimate of drug-likeness (QED) is 0.636. The zero-order valence-electron chi connectivity index (χ0n) is 12.7. The number of carboxylic acid groups (broad SMARTS) is 2. The minimum Gasteiger partial charge on any atom is -0.481 e. The third kappa shape index (κ3) is 2.71. The van der Waals surface area contributed by atoms with E-state index in [4.69, 9.17) is 10.8 Å². The van der Waals surface area contributed by atoms with E-state index < -0.39 is 36.4 Å². The minimum absolute atomic E-state index is 0.0626. The summed E-state index contributed by atoms with van der Waals surface area (Å²) < 4.78 is 0. The summed E-state index contributed by atoms with van der Waals surface area (Å²) in [4.78, 5) is 39.2. The number of nitrogens with zero attached hydrogens (tertiary/aromatic N) is 1. The lowest BCUT2D eigenvalue weighted by Gasteiger charge is -2.34. The number of amides is 1. The van der Waals surface area contributed by atoms with Crippen LogP contribution in [0.25, 0.3) is 10.9 Å². The highest BCUT2D eigenvalue weighted by atomic mass is 16.4. The molecule has 0 saturated heterocycles. The van der Waals surface area contributed by atoms with Gasteiger partial charge in [-0.25, -0.2) is 4.79 Å². The number of carboxylic acids is 2. The SMILES string of the molecule is N[C@@H](CC(=O)O)C(=O)N1Cc2[nH]c3ccccc3c2C[C@H]1C(=O)O. The van der Waals surface area contributed by atoms with E-state index in [0.29, 0.717) is 0 Å². The van der Waals surface area contributed by atoms with Crippen molar-refractivity contribution in [3.05, 3.63) is 35.5 Å². The number of para-hydroxylation sites is 1. The topological polar surface area (TPSA) is 137 Å². The summed E-state index contributed by atoms with van der Waals surface area (Å²) in [5.41, 5.74) is 8.13. The summed E-state index contributed by atoms with van der Waals surface area (Å²) in [6.45, 7) is 0.0626. The predicted octanol–water partition coefficient (Wildman–Crippen LogP) is 0.308. The van der Waals surface area contributed by atoms with Crippen molar-refractivity contribution < 1.29 is 24.6 Å². The summed E-state index contributed by atoms with van der Waals surface area (Å²) >= 11 is 0. The number of nitrogens with one attached hydrogen (secondary N) is 1. The van der Waals surface area contributed by atoms with Crippen LogP contribution in [0.15, 0.2) is 24.3 Å². The second-order valence-corrected chi connectivity index (χ2v) is 5.86. The van der Waals surface area contributed by atoms with E-state index in [2.05, 4.69) is 4.98 Å². The summed E-state index contributed by atoms with van der Waals surface area (Å²) in [5, 5.41) is 19.2. The van der Waals surface area contributed by atoms with Gasteiger partial charge in [-0.1, -0.05) is 18.2 Å². The van der Waals surface area contributed by atoms with Crippen LogP contribution in [0.3, 0.4) is 0 Å². The number of carbonyl (C=O) groups is 3. The lowest BCUT2D eigenvalue weighted by atomic mass is 9.95. The molecule has 0 radical (unpaired) electrons. The van der Waals surface area contributed by atoms with Gasteiger partial charge in [0.2, 0.25) is 5.91 Å². The summed E-state index contributed by atoms with van der Waals surface area (Å²) in [6.07, 6.45) is -0.387. The lowest BCUT2D eigenvalue weighted by molar-refractivity contribution is -0.152. The standard InChI is InChI=1S/C16H17N3O5/c17-10(6-14(20)21)15(22)19-7-12-9(5-13(19)16(23)24)8-3-1-2-4-11(8)18-12/h1-4,10,13,18H,5-7,17H2,(H,20,21)(H,23,24)/t10-,13-/m0/s1. The number of benzene rings is 1. The highest BCUT2D eigenvalue weighted by Crippen LogP contribution is 2.30. The maximum absolute atomic E-state index is 12.4. The monoisotopic (exact) mass is 331 g/mol. The predicted molar refractivity (Wildman–Crippen MR) is 84.2 cm³/mol. The van der Waals surface area contributed by atoms with Crippen LogP contribution >= 0.6 is 0 Å². The maximum Gasteiger partial charge on any atom is 0.326 e. The van der Waals surface area contributed by atoms with Crippen LogP contribution in [0.1, 0.15) is 17.7 Å². The van der Waals surface area contributed by atoms with Crippen LogP contribution in [-0.2, 0) is 27.3 Å².